The van der Waals surface area contributed by atoms with Gasteiger partial charge in [0.1, 0.15) is 6.54 Å². The van der Waals surface area contributed by atoms with E-state index in [0.717, 1.165) is 10.9 Å². The van der Waals surface area contributed by atoms with E-state index in [9.17, 15) is 9.59 Å². The van der Waals surface area contributed by atoms with Gasteiger partial charge >= 0.3 is 0 Å². The van der Waals surface area contributed by atoms with Crippen molar-refractivity contribution in [2.75, 3.05) is 0 Å². The summed E-state index contributed by atoms with van der Waals surface area (Å²) in [5.41, 5.74) is 1.88. The zero-order chi connectivity index (χ0) is 19.5. The Labute approximate surface area is 160 Å². The van der Waals surface area contributed by atoms with Crippen LogP contribution < -0.4 is 10.9 Å². The number of aromatic nitrogens is 3. The number of amides is 1. The van der Waals surface area contributed by atoms with Gasteiger partial charge in [-0.1, -0.05) is 53.7 Å². The predicted molar refractivity (Wildman–Crippen MR) is 105 cm³/mol. The van der Waals surface area contributed by atoms with Crippen LogP contribution in [0, 0.1) is 6.92 Å². The van der Waals surface area contributed by atoms with Gasteiger partial charge < -0.3 is 9.84 Å². The highest BCUT2D eigenvalue weighted by molar-refractivity contribution is 5.93. The number of carbonyl (C=O) groups is 1. The zero-order valence-electron chi connectivity index (χ0n) is 15.3. The monoisotopic (exact) mass is 374 g/mol. The summed E-state index contributed by atoms with van der Waals surface area (Å²) in [5, 5.41) is 7.41. The highest BCUT2D eigenvalue weighted by Crippen LogP contribution is 2.25. The molecular weight excluding hydrogens is 356 g/mol. The van der Waals surface area contributed by atoms with Gasteiger partial charge in [-0.2, -0.15) is 4.98 Å². The average molecular weight is 374 g/mol. The third kappa shape index (κ3) is 3.55. The molecule has 0 aliphatic carbocycles. The van der Waals surface area contributed by atoms with Crippen molar-refractivity contribution >= 4 is 16.8 Å². The minimum absolute atomic E-state index is 0.0741. The largest absolute Gasteiger partial charge is 0.350 e. The molecule has 2 aromatic heterocycles. The van der Waals surface area contributed by atoms with Crippen molar-refractivity contribution < 1.29 is 9.32 Å². The number of nitrogens with one attached hydrogen (secondary N) is 1. The Hall–Kier alpha value is -3.74. The molecule has 0 spiro atoms. The molecule has 2 aromatic carbocycles. The minimum Gasteiger partial charge on any atom is -0.350 e. The summed E-state index contributed by atoms with van der Waals surface area (Å²) in [5.74, 6) is 0.535. The van der Waals surface area contributed by atoms with E-state index in [1.807, 2.05) is 48.5 Å². The first-order chi connectivity index (χ1) is 13.6. The van der Waals surface area contributed by atoms with Crippen LogP contribution in [0.3, 0.4) is 0 Å². The van der Waals surface area contributed by atoms with Crippen molar-refractivity contribution in [2.45, 2.75) is 20.0 Å². The maximum absolute atomic E-state index is 12.7. The minimum atomic E-state index is -0.306. The lowest BCUT2D eigenvalue weighted by Crippen LogP contribution is -2.32. The quantitative estimate of drug-likeness (QED) is 0.580. The molecule has 0 fully saturated rings. The van der Waals surface area contributed by atoms with Gasteiger partial charge in [0.2, 0.25) is 5.91 Å². The SMILES string of the molecule is Cc1noc(-c2cc(=O)n(CC(=O)NCc3ccccc3)c3ccccc23)n1. The Bertz CT molecular complexity index is 1200. The van der Waals surface area contributed by atoms with Crippen LogP contribution >= 0.6 is 0 Å². The number of aryl methyl sites for hydroxylation is 1. The normalized spacial score (nSPS) is 10.9. The fourth-order valence-electron chi connectivity index (χ4n) is 3.08. The van der Waals surface area contributed by atoms with Gasteiger partial charge in [-0.05, 0) is 18.6 Å². The molecule has 0 radical (unpaired) electrons. The van der Waals surface area contributed by atoms with Gasteiger partial charge in [0.25, 0.3) is 11.4 Å². The molecule has 0 aliphatic heterocycles. The molecule has 0 aliphatic rings. The lowest BCUT2D eigenvalue weighted by molar-refractivity contribution is -0.121. The van der Waals surface area contributed by atoms with Crippen LogP contribution in [0.2, 0.25) is 0 Å². The van der Waals surface area contributed by atoms with Crippen LogP contribution in [-0.2, 0) is 17.9 Å². The van der Waals surface area contributed by atoms with Gasteiger partial charge in [0, 0.05) is 18.0 Å². The maximum Gasteiger partial charge on any atom is 0.258 e. The third-order valence-electron chi connectivity index (χ3n) is 4.41. The molecule has 7 nitrogen and oxygen atoms in total. The highest BCUT2D eigenvalue weighted by Gasteiger charge is 2.16. The van der Waals surface area contributed by atoms with Crippen molar-refractivity contribution in [3.05, 3.63) is 82.4 Å². The van der Waals surface area contributed by atoms with Gasteiger partial charge in [-0.25, -0.2) is 0 Å². The molecule has 1 amide bonds. The summed E-state index contributed by atoms with van der Waals surface area (Å²) in [4.78, 5) is 29.4. The lowest BCUT2D eigenvalue weighted by atomic mass is 10.1. The molecule has 4 aromatic rings. The first kappa shape index (κ1) is 17.7. The number of pyridine rings is 1. The summed E-state index contributed by atoms with van der Waals surface area (Å²) in [6.45, 7) is 2.05. The molecule has 4 rings (SSSR count). The molecule has 0 unspecified atom stereocenters. The van der Waals surface area contributed by atoms with E-state index in [2.05, 4.69) is 15.5 Å². The second-order valence-electron chi connectivity index (χ2n) is 6.41. The number of rotatable bonds is 5. The van der Waals surface area contributed by atoms with E-state index in [1.165, 1.54) is 10.6 Å². The molecule has 0 bridgehead atoms. The third-order valence-corrected chi connectivity index (χ3v) is 4.41. The Balaban J connectivity index is 1.65. The van der Waals surface area contributed by atoms with E-state index in [0.29, 0.717) is 23.4 Å². The van der Waals surface area contributed by atoms with Crippen LogP contribution in [0.4, 0.5) is 0 Å². The second kappa shape index (κ2) is 7.48. The number of para-hydroxylation sites is 1. The Morgan fingerprint density at radius 2 is 1.86 bits per heavy atom. The zero-order valence-corrected chi connectivity index (χ0v) is 15.3. The number of carbonyl (C=O) groups excluding carboxylic acids is 1. The van der Waals surface area contributed by atoms with E-state index >= 15 is 0 Å². The second-order valence-corrected chi connectivity index (χ2v) is 6.41. The Morgan fingerprint density at radius 3 is 2.61 bits per heavy atom. The van der Waals surface area contributed by atoms with Crippen LogP contribution in [-0.4, -0.2) is 20.6 Å². The molecule has 0 saturated carbocycles. The Kier molecular flexibility index (Phi) is 4.72. The van der Waals surface area contributed by atoms with E-state index in [-0.39, 0.29) is 23.9 Å². The van der Waals surface area contributed by atoms with E-state index < -0.39 is 0 Å². The Morgan fingerprint density at radius 1 is 1.11 bits per heavy atom. The molecule has 2 heterocycles. The van der Waals surface area contributed by atoms with Crippen molar-refractivity contribution in [1.29, 1.82) is 0 Å². The smallest absolute Gasteiger partial charge is 0.258 e. The predicted octanol–water partition coefficient (Wildman–Crippen LogP) is 2.68. The van der Waals surface area contributed by atoms with E-state index in [1.54, 1.807) is 13.0 Å². The molecular formula is C21H18N4O3. The van der Waals surface area contributed by atoms with Crippen LogP contribution in [0.15, 0.2) is 70.0 Å². The van der Waals surface area contributed by atoms with Crippen molar-refractivity contribution in [2.24, 2.45) is 0 Å². The van der Waals surface area contributed by atoms with Crippen molar-refractivity contribution in [3.63, 3.8) is 0 Å². The van der Waals surface area contributed by atoms with Gasteiger partial charge in [-0.15, -0.1) is 0 Å². The van der Waals surface area contributed by atoms with Gasteiger partial charge in [0.15, 0.2) is 5.82 Å². The summed E-state index contributed by atoms with van der Waals surface area (Å²) in [6, 6.07) is 18.4. The lowest BCUT2D eigenvalue weighted by Gasteiger charge is -2.12. The van der Waals surface area contributed by atoms with Crippen LogP contribution in [0.5, 0.6) is 0 Å². The standard InChI is InChI=1S/C21H18N4O3/c1-14-23-21(28-24-14)17-11-20(27)25(18-10-6-5-9-16(17)18)13-19(26)22-12-15-7-3-2-4-8-15/h2-11H,12-13H2,1H3,(H,22,26). The van der Waals surface area contributed by atoms with Crippen molar-refractivity contribution in [3.8, 4) is 11.5 Å². The molecule has 28 heavy (non-hydrogen) atoms. The summed E-state index contributed by atoms with van der Waals surface area (Å²) in [7, 11) is 0. The maximum atomic E-state index is 12.7. The van der Waals surface area contributed by atoms with Crippen LogP contribution in [0.25, 0.3) is 22.4 Å². The molecule has 0 atom stereocenters. The number of benzene rings is 2. The van der Waals surface area contributed by atoms with Gasteiger partial charge in [-0.3, -0.25) is 14.2 Å². The van der Waals surface area contributed by atoms with E-state index in [4.69, 9.17) is 4.52 Å². The fraction of sp³-hybridized carbons (Fsp3) is 0.143. The summed E-state index contributed by atoms with van der Waals surface area (Å²) < 4.78 is 6.68. The number of hydrogen-bond donors (Lipinski definition) is 1. The summed E-state index contributed by atoms with van der Waals surface area (Å²) in [6.07, 6.45) is 0. The number of fused-ring (bicyclic) bond motifs is 1. The molecule has 0 saturated heterocycles. The summed E-state index contributed by atoms with van der Waals surface area (Å²) >= 11 is 0. The molecule has 7 heteroatoms. The average Bonchev–Trinajstić information content (AvgIpc) is 3.15. The fourth-order valence-corrected chi connectivity index (χ4v) is 3.08. The molecule has 140 valence electrons. The van der Waals surface area contributed by atoms with Gasteiger partial charge in [0.05, 0.1) is 11.1 Å². The topological polar surface area (TPSA) is 90.0 Å². The first-order valence-corrected chi connectivity index (χ1v) is 8.86. The molecule has 1 N–H and O–H groups in total. The van der Waals surface area contributed by atoms with Crippen molar-refractivity contribution in [1.82, 2.24) is 20.0 Å². The first-order valence-electron chi connectivity index (χ1n) is 8.86. The number of nitrogens with zero attached hydrogens (tertiary/aromatic N) is 3. The number of hydrogen-bond acceptors (Lipinski definition) is 5. The highest BCUT2D eigenvalue weighted by atomic mass is 16.5. The van der Waals surface area contributed by atoms with Crippen LogP contribution in [0.1, 0.15) is 11.4 Å².